The summed E-state index contributed by atoms with van der Waals surface area (Å²) in [5, 5.41) is 12.2. The Bertz CT molecular complexity index is 2150. The fourth-order valence-electron chi connectivity index (χ4n) is 6.03. The molecule has 1 atom stereocenters. The molecule has 5 aromatic carbocycles. The Balaban J connectivity index is 1.47. The van der Waals surface area contributed by atoms with E-state index in [1.807, 2.05) is 91.5 Å². The molecule has 0 radical (unpaired) electrons. The van der Waals surface area contributed by atoms with Crippen LogP contribution in [0.15, 0.2) is 136 Å². The Morgan fingerprint density at radius 2 is 1.18 bits per heavy atom. The summed E-state index contributed by atoms with van der Waals surface area (Å²) in [6.07, 6.45) is 0. The quantitative estimate of drug-likeness (QED) is 0.0296. The van der Waals surface area contributed by atoms with E-state index in [0.29, 0.717) is 37.3 Å². The molecule has 0 saturated carbocycles. The summed E-state index contributed by atoms with van der Waals surface area (Å²) in [5.41, 5.74) is 5.55. The molecule has 268 valence electrons. The van der Waals surface area contributed by atoms with Crippen molar-refractivity contribution in [1.29, 1.82) is 0 Å². The van der Waals surface area contributed by atoms with Gasteiger partial charge in [0, 0.05) is 48.4 Å². The third kappa shape index (κ3) is 9.75. The molecule has 5 aromatic rings. The Labute approximate surface area is 302 Å². The smallest absolute Gasteiger partial charge is 0.294 e. The van der Waals surface area contributed by atoms with Gasteiger partial charge >= 0.3 is 0 Å². The van der Waals surface area contributed by atoms with Gasteiger partial charge in [0.25, 0.3) is 20.2 Å². The van der Waals surface area contributed by atoms with E-state index in [0.717, 1.165) is 45.0 Å². The fraction of sp³-hybridized carbons (Fsp3) is 0.189. The van der Waals surface area contributed by atoms with E-state index < -0.39 is 26.2 Å². The lowest BCUT2D eigenvalue weighted by molar-refractivity contribution is -0.432. The summed E-state index contributed by atoms with van der Waals surface area (Å²) in [4.78, 5) is 4.63. The van der Waals surface area contributed by atoms with Crippen molar-refractivity contribution in [2.75, 3.05) is 22.9 Å². The number of nitrogens with zero attached hydrogens (tertiary/aromatic N) is 2. The third-order valence-electron chi connectivity index (χ3n) is 8.46. The average molecular weight is 751 g/mol. The van der Waals surface area contributed by atoms with Crippen molar-refractivity contribution in [3.05, 3.63) is 149 Å². The molecule has 1 unspecified atom stereocenters. The first-order valence-corrected chi connectivity index (χ1v) is 19.6. The minimum Gasteiger partial charge on any atom is -0.367 e. The van der Waals surface area contributed by atoms with Crippen molar-refractivity contribution in [3.63, 3.8) is 0 Å². The maximum Gasteiger partial charge on any atom is 0.294 e. The first-order chi connectivity index (χ1) is 24.4. The molecular weight excluding hydrogens is 713 g/mol. The van der Waals surface area contributed by atoms with Gasteiger partial charge in [-0.05, 0) is 96.3 Å². The summed E-state index contributed by atoms with van der Waals surface area (Å²) in [5.74, 6) is -0.551. The minimum absolute atomic E-state index is 0.173. The van der Waals surface area contributed by atoms with Crippen LogP contribution in [-0.4, -0.2) is 44.3 Å². The molecule has 0 bridgehead atoms. The Hall–Kier alpha value is -4.25. The van der Waals surface area contributed by atoms with Crippen LogP contribution in [-0.2, 0) is 42.7 Å². The van der Waals surface area contributed by atoms with Gasteiger partial charge in [-0.1, -0.05) is 71.8 Å². The first kappa shape index (κ1) is 38.0. The zero-order chi connectivity index (χ0) is 36.6. The largest absolute Gasteiger partial charge is 0.367 e. The number of hydrogen-bond donors (Lipinski definition) is 3. The maximum atomic E-state index is 12.6. The van der Waals surface area contributed by atoms with Gasteiger partial charge in [0.05, 0.1) is 21.8 Å². The van der Waals surface area contributed by atoms with E-state index in [-0.39, 0.29) is 9.79 Å². The van der Waals surface area contributed by atoms with Gasteiger partial charge in [-0.25, -0.2) is 5.26 Å². The van der Waals surface area contributed by atoms with Gasteiger partial charge in [0.1, 0.15) is 0 Å². The van der Waals surface area contributed by atoms with Crippen molar-refractivity contribution in [1.82, 2.24) is 0 Å². The van der Waals surface area contributed by atoms with Crippen molar-refractivity contribution >= 4 is 43.7 Å². The molecule has 0 spiro atoms. The molecule has 0 fully saturated rings. The molecule has 0 amide bonds. The van der Waals surface area contributed by atoms with E-state index in [2.05, 4.69) is 14.3 Å². The fourth-order valence-corrected chi connectivity index (χ4v) is 7.75. The molecule has 0 aromatic heterocycles. The van der Waals surface area contributed by atoms with Crippen LogP contribution in [0.1, 0.15) is 47.6 Å². The van der Waals surface area contributed by atoms with Crippen LogP contribution in [0.4, 0.5) is 11.4 Å². The lowest BCUT2D eigenvalue weighted by atomic mass is 9.85. The molecule has 0 heterocycles. The highest BCUT2D eigenvalue weighted by Crippen LogP contribution is 2.37. The van der Waals surface area contributed by atoms with Crippen molar-refractivity contribution < 1.29 is 40.6 Å². The second-order valence-electron chi connectivity index (χ2n) is 11.7. The lowest BCUT2D eigenvalue weighted by Crippen LogP contribution is -2.22. The molecule has 51 heavy (non-hydrogen) atoms. The van der Waals surface area contributed by atoms with E-state index in [9.17, 15) is 25.9 Å². The Morgan fingerprint density at radius 1 is 0.647 bits per heavy atom. The molecule has 3 N–H and O–H groups in total. The van der Waals surface area contributed by atoms with Crippen LogP contribution in [0.5, 0.6) is 0 Å². The summed E-state index contributed by atoms with van der Waals surface area (Å²) in [7, 11) is -8.89. The van der Waals surface area contributed by atoms with Gasteiger partial charge in [-0.3, -0.25) is 9.11 Å². The number of benzene rings is 5. The molecule has 0 aliphatic rings. The topological polar surface area (TPSA) is 154 Å². The number of rotatable bonds is 16. The lowest BCUT2D eigenvalue weighted by Gasteiger charge is -2.26. The third-order valence-corrected chi connectivity index (χ3v) is 10.8. The van der Waals surface area contributed by atoms with Gasteiger partial charge in [0.2, 0.25) is 0 Å². The van der Waals surface area contributed by atoms with E-state index in [4.69, 9.17) is 5.26 Å². The van der Waals surface area contributed by atoms with Crippen LogP contribution in [0.3, 0.4) is 0 Å². The van der Waals surface area contributed by atoms with Crippen molar-refractivity contribution in [3.8, 4) is 0 Å². The van der Waals surface area contributed by atoms with Crippen LogP contribution < -0.4 is 9.80 Å². The molecule has 0 saturated heterocycles. The second kappa shape index (κ2) is 16.8. The van der Waals surface area contributed by atoms with Gasteiger partial charge in [-0.2, -0.15) is 16.8 Å². The zero-order valence-corrected chi connectivity index (χ0v) is 30.3. The summed E-state index contributed by atoms with van der Waals surface area (Å²) in [6.45, 7) is 6.31. The van der Waals surface area contributed by atoms with Crippen LogP contribution >= 0.6 is 12.0 Å². The molecule has 11 nitrogen and oxygen atoms in total. The van der Waals surface area contributed by atoms with E-state index in [1.165, 1.54) is 18.2 Å². The summed E-state index contributed by atoms with van der Waals surface area (Å²) >= 11 is 0.891. The standard InChI is InChI=1S/C37H38N2O9S3/c1-3-38(25-27-9-7-11-33(23-27)49-48-47-40)31-19-15-29(16-20-31)37(35-13-5-6-14-36(35)51(44,45)46)30-17-21-32(22-18-30)39(4-2)26-28-10-8-12-34(24-28)50(41,42)43/h5-24,37,40H,3-4,25-26H2,1-2H3,(H,41,42,43)(H,44,45,46). The molecule has 0 aliphatic carbocycles. The first-order valence-electron chi connectivity index (χ1n) is 16.0. The highest BCUT2D eigenvalue weighted by Gasteiger charge is 2.25. The van der Waals surface area contributed by atoms with Crippen LogP contribution in [0.25, 0.3) is 0 Å². The Morgan fingerprint density at radius 3 is 1.69 bits per heavy atom. The highest BCUT2D eigenvalue weighted by molar-refractivity contribution is 7.94. The maximum absolute atomic E-state index is 12.6. The van der Waals surface area contributed by atoms with Gasteiger partial charge in [-0.15, -0.1) is 4.33 Å². The highest BCUT2D eigenvalue weighted by atomic mass is 32.2. The van der Waals surface area contributed by atoms with E-state index in [1.54, 1.807) is 30.3 Å². The van der Waals surface area contributed by atoms with Crippen molar-refractivity contribution in [2.24, 2.45) is 0 Å². The Kier molecular flexibility index (Phi) is 12.5. The van der Waals surface area contributed by atoms with Crippen LogP contribution in [0.2, 0.25) is 0 Å². The second-order valence-corrected chi connectivity index (χ2v) is 15.2. The predicted molar refractivity (Wildman–Crippen MR) is 197 cm³/mol. The summed E-state index contributed by atoms with van der Waals surface area (Å²) < 4.78 is 72.8. The molecule has 0 aliphatic heterocycles. The zero-order valence-electron chi connectivity index (χ0n) is 27.9. The number of anilines is 2. The monoisotopic (exact) mass is 750 g/mol. The average Bonchev–Trinajstić information content (AvgIpc) is 3.12. The van der Waals surface area contributed by atoms with Crippen molar-refractivity contribution in [2.45, 2.75) is 47.5 Å². The summed E-state index contributed by atoms with van der Waals surface area (Å²) in [6, 6.07) is 35.8. The molecule has 5 rings (SSSR count). The minimum atomic E-state index is -4.55. The van der Waals surface area contributed by atoms with Crippen LogP contribution in [0, 0.1) is 0 Å². The normalized spacial score (nSPS) is 12.4. The molecule has 14 heteroatoms. The van der Waals surface area contributed by atoms with Gasteiger partial charge < -0.3 is 9.80 Å². The number of hydrogen-bond acceptors (Lipinski definition) is 10. The van der Waals surface area contributed by atoms with E-state index >= 15 is 0 Å². The predicted octanol–water partition coefficient (Wildman–Crippen LogP) is 7.84. The van der Waals surface area contributed by atoms with Gasteiger partial charge in [0.15, 0.2) is 0 Å². The molecular formula is C37H38N2O9S3. The SMILES string of the molecule is CCN(Cc1cccc(SOOO)c1)c1ccc(C(c2ccc(N(CC)Cc3cccc(S(=O)(=O)O)c3)cc2)c2ccccc2S(=O)(=O)O)cc1.